The Morgan fingerprint density at radius 2 is 1.61 bits per heavy atom. The molecule has 0 aliphatic carbocycles. The molecule has 0 aliphatic rings. The minimum atomic E-state index is -4.10. The van der Waals surface area contributed by atoms with Crippen LogP contribution < -0.4 is 9.62 Å². The molecule has 1 unspecified atom stereocenters. The van der Waals surface area contributed by atoms with Gasteiger partial charge in [0.1, 0.15) is 12.6 Å². The lowest BCUT2D eigenvalue weighted by Crippen LogP contribution is -2.51. The molecule has 0 aliphatic heterocycles. The Kier molecular flexibility index (Phi) is 10.8. The van der Waals surface area contributed by atoms with Crippen molar-refractivity contribution in [2.24, 2.45) is 0 Å². The molecule has 0 bridgehead atoms. The van der Waals surface area contributed by atoms with Gasteiger partial charge in [0, 0.05) is 22.6 Å². The van der Waals surface area contributed by atoms with E-state index in [0.717, 1.165) is 27.2 Å². The maximum absolute atomic E-state index is 13.8. The van der Waals surface area contributed by atoms with Gasteiger partial charge < -0.3 is 10.2 Å². The standard InChI is InChI=1S/C28H31BrClN3O4S/c1-3-4-18-31-28(35)21(2)32(19-22-10-12-23(29)13-11-22)27(34)20-33(25-16-14-24(30)15-17-25)38(36,37)26-8-6-5-7-9-26/h5-17,21H,3-4,18-20H2,1-2H3,(H,31,35). The second-order valence-electron chi connectivity index (χ2n) is 8.77. The molecule has 0 radical (unpaired) electrons. The van der Waals surface area contributed by atoms with Gasteiger partial charge in [0.25, 0.3) is 10.0 Å². The molecule has 0 aromatic heterocycles. The third-order valence-electron chi connectivity index (χ3n) is 5.99. The van der Waals surface area contributed by atoms with Crippen molar-refractivity contribution in [1.29, 1.82) is 0 Å². The lowest BCUT2D eigenvalue weighted by molar-refractivity contribution is -0.139. The highest BCUT2D eigenvalue weighted by molar-refractivity contribution is 9.10. The Morgan fingerprint density at radius 3 is 2.21 bits per heavy atom. The lowest BCUT2D eigenvalue weighted by Gasteiger charge is -2.32. The van der Waals surface area contributed by atoms with Crippen LogP contribution in [0.3, 0.4) is 0 Å². The Morgan fingerprint density at radius 1 is 0.974 bits per heavy atom. The molecule has 10 heteroatoms. The number of hydrogen-bond acceptors (Lipinski definition) is 4. The molecular formula is C28H31BrClN3O4S. The molecule has 2 amide bonds. The van der Waals surface area contributed by atoms with E-state index in [1.165, 1.54) is 17.0 Å². The number of benzene rings is 3. The van der Waals surface area contributed by atoms with E-state index >= 15 is 0 Å². The topological polar surface area (TPSA) is 86.8 Å². The number of amides is 2. The Labute approximate surface area is 238 Å². The predicted molar refractivity (Wildman–Crippen MR) is 154 cm³/mol. The van der Waals surface area contributed by atoms with E-state index in [9.17, 15) is 18.0 Å². The van der Waals surface area contributed by atoms with E-state index < -0.39 is 28.5 Å². The van der Waals surface area contributed by atoms with Gasteiger partial charge in [-0.25, -0.2) is 8.42 Å². The van der Waals surface area contributed by atoms with Gasteiger partial charge in [0.2, 0.25) is 11.8 Å². The molecular weight excluding hydrogens is 590 g/mol. The summed E-state index contributed by atoms with van der Waals surface area (Å²) in [5, 5.41) is 3.31. The van der Waals surface area contributed by atoms with Crippen LogP contribution in [0, 0.1) is 0 Å². The van der Waals surface area contributed by atoms with Crippen molar-refractivity contribution in [3.63, 3.8) is 0 Å². The molecule has 1 N–H and O–H groups in total. The molecule has 202 valence electrons. The second kappa shape index (κ2) is 13.8. The van der Waals surface area contributed by atoms with Crippen LogP contribution in [0.2, 0.25) is 5.02 Å². The third-order valence-corrected chi connectivity index (χ3v) is 8.56. The summed E-state index contributed by atoms with van der Waals surface area (Å²) in [6, 6.07) is 20.7. The van der Waals surface area contributed by atoms with Gasteiger partial charge in [-0.1, -0.05) is 71.2 Å². The fourth-order valence-electron chi connectivity index (χ4n) is 3.76. The first-order valence-corrected chi connectivity index (χ1v) is 14.9. The lowest BCUT2D eigenvalue weighted by atomic mass is 10.1. The summed E-state index contributed by atoms with van der Waals surface area (Å²) in [5.41, 5.74) is 1.09. The monoisotopic (exact) mass is 619 g/mol. The quantitative estimate of drug-likeness (QED) is 0.266. The van der Waals surface area contributed by atoms with Crippen LogP contribution in [-0.2, 0) is 26.2 Å². The van der Waals surface area contributed by atoms with Gasteiger partial charge in [-0.3, -0.25) is 13.9 Å². The minimum Gasteiger partial charge on any atom is -0.354 e. The number of rotatable bonds is 12. The maximum atomic E-state index is 13.8. The fraction of sp³-hybridized carbons (Fsp3) is 0.286. The molecule has 3 rings (SSSR count). The number of unbranched alkanes of at least 4 members (excludes halogenated alkanes) is 1. The van der Waals surface area contributed by atoms with Gasteiger partial charge in [-0.2, -0.15) is 0 Å². The normalized spacial score (nSPS) is 12.0. The van der Waals surface area contributed by atoms with E-state index in [1.54, 1.807) is 49.4 Å². The summed E-state index contributed by atoms with van der Waals surface area (Å²) < 4.78 is 29.3. The number of nitrogens with one attached hydrogen (secondary N) is 1. The number of sulfonamides is 1. The van der Waals surface area contributed by atoms with E-state index in [4.69, 9.17) is 11.6 Å². The van der Waals surface area contributed by atoms with Crippen molar-refractivity contribution in [3.8, 4) is 0 Å². The summed E-state index contributed by atoms with van der Waals surface area (Å²) in [6.45, 7) is 3.81. The number of carbonyl (C=O) groups excluding carboxylic acids is 2. The summed E-state index contributed by atoms with van der Waals surface area (Å²) in [7, 11) is -4.10. The molecule has 3 aromatic rings. The minimum absolute atomic E-state index is 0.0487. The zero-order valence-electron chi connectivity index (χ0n) is 21.3. The van der Waals surface area contributed by atoms with Gasteiger partial charge in [-0.05, 0) is 67.4 Å². The average Bonchev–Trinajstić information content (AvgIpc) is 2.92. The van der Waals surface area contributed by atoms with Crippen molar-refractivity contribution >= 4 is 55.1 Å². The molecule has 0 saturated carbocycles. The highest BCUT2D eigenvalue weighted by Crippen LogP contribution is 2.26. The van der Waals surface area contributed by atoms with E-state index in [1.807, 2.05) is 31.2 Å². The van der Waals surface area contributed by atoms with Gasteiger partial charge in [0.15, 0.2) is 0 Å². The van der Waals surface area contributed by atoms with Crippen LogP contribution in [0.25, 0.3) is 0 Å². The van der Waals surface area contributed by atoms with Crippen LogP contribution in [0.5, 0.6) is 0 Å². The zero-order chi connectivity index (χ0) is 27.7. The van der Waals surface area contributed by atoms with Crippen molar-refractivity contribution in [2.75, 3.05) is 17.4 Å². The molecule has 0 fully saturated rings. The van der Waals surface area contributed by atoms with Crippen LogP contribution in [0.15, 0.2) is 88.2 Å². The molecule has 38 heavy (non-hydrogen) atoms. The Bertz CT molecular complexity index is 1320. The molecule has 7 nitrogen and oxygen atoms in total. The molecule has 0 saturated heterocycles. The second-order valence-corrected chi connectivity index (χ2v) is 12.0. The van der Waals surface area contributed by atoms with E-state index in [-0.39, 0.29) is 23.0 Å². The van der Waals surface area contributed by atoms with Gasteiger partial charge in [-0.15, -0.1) is 0 Å². The van der Waals surface area contributed by atoms with Crippen LogP contribution >= 0.6 is 27.5 Å². The number of hydrogen-bond donors (Lipinski definition) is 1. The van der Waals surface area contributed by atoms with Crippen molar-refractivity contribution in [3.05, 3.63) is 93.9 Å². The van der Waals surface area contributed by atoms with Crippen molar-refractivity contribution < 1.29 is 18.0 Å². The number of carbonyl (C=O) groups is 2. The Balaban J connectivity index is 1.97. The maximum Gasteiger partial charge on any atom is 0.264 e. The van der Waals surface area contributed by atoms with Crippen molar-refractivity contribution in [1.82, 2.24) is 10.2 Å². The largest absolute Gasteiger partial charge is 0.354 e. The smallest absolute Gasteiger partial charge is 0.264 e. The third kappa shape index (κ3) is 7.82. The SMILES string of the molecule is CCCCNC(=O)C(C)N(Cc1ccc(Br)cc1)C(=O)CN(c1ccc(Cl)cc1)S(=O)(=O)c1ccccc1. The van der Waals surface area contributed by atoms with Gasteiger partial charge >= 0.3 is 0 Å². The van der Waals surface area contributed by atoms with Crippen LogP contribution in [-0.4, -0.2) is 44.3 Å². The molecule has 3 aromatic carbocycles. The zero-order valence-corrected chi connectivity index (χ0v) is 24.5. The first kappa shape index (κ1) is 29.7. The first-order chi connectivity index (χ1) is 18.1. The number of nitrogens with zero attached hydrogens (tertiary/aromatic N) is 2. The van der Waals surface area contributed by atoms with Crippen molar-refractivity contribution in [2.45, 2.75) is 44.2 Å². The summed E-state index contributed by atoms with van der Waals surface area (Å²) in [6.07, 6.45) is 1.74. The average molecular weight is 621 g/mol. The molecule has 1 atom stereocenters. The molecule has 0 spiro atoms. The summed E-state index contributed by atoms with van der Waals surface area (Å²) in [5.74, 6) is -0.812. The van der Waals surface area contributed by atoms with Crippen LogP contribution in [0.4, 0.5) is 5.69 Å². The first-order valence-electron chi connectivity index (χ1n) is 12.3. The fourth-order valence-corrected chi connectivity index (χ4v) is 5.59. The van der Waals surface area contributed by atoms with E-state index in [0.29, 0.717) is 11.6 Å². The summed E-state index contributed by atoms with van der Waals surface area (Å²) >= 11 is 9.45. The predicted octanol–water partition coefficient (Wildman–Crippen LogP) is 5.63. The summed E-state index contributed by atoms with van der Waals surface area (Å²) in [4.78, 5) is 28.2. The van der Waals surface area contributed by atoms with Gasteiger partial charge in [0.05, 0.1) is 10.6 Å². The highest BCUT2D eigenvalue weighted by atomic mass is 79.9. The Hall–Kier alpha value is -2.88. The highest BCUT2D eigenvalue weighted by Gasteiger charge is 2.32. The van der Waals surface area contributed by atoms with E-state index in [2.05, 4.69) is 21.2 Å². The van der Waals surface area contributed by atoms with Crippen LogP contribution in [0.1, 0.15) is 32.3 Å². The number of halogens is 2. The number of anilines is 1. The molecule has 0 heterocycles.